The van der Waals surface area contributed by atoms with Gasteiger partial charge in [-0.05, 0) is 30.2 Å². The van der Waals surface area contributed by atoms with Gasteiger partial charge in [-0.25, -0.2) is 0 Å². The Labute approximate surface area is 84.0 Å². The van der Waals surface area contributed by atoms with Gasteiger partial charge >= 0.3 is 0 Å². The molecule has 76 valence electrons. The molecule has 2 rings (SSSR count). The fourth-order valence-corrected chi connectivity index (χ4v) is 1.78. The molecule has 0 spiro atoms. The summed E-state index contributed by atoms with van der Waals surface area (Å²) in [6, 6.07) is 6.24. The minimum Gasteiger partial charge on any atom is -0.493 e. The van der Waals surface area contributed by atoms with E-state index in [1.54, 1.807) is 0 Å². The van der Waals surface area contributed by atoms with Crippen LogP contribution in [0.1, 0.15) is 23.6 Å². The van der Waals surface area contributed by atoms with E-state index in [4.69, 9.17) is 16.2 Å². The van der Waals surface area contributed by atoms with Crippen LogP contribution in [0.25, 0.3) is 0 Å². The Bertz CT molecular complexity index is 325. The number of fused-ring (bicyclic) bond motifs is 1. The summed E-state index contributed by atoms with van der Waals surface area (Å²) in [4.78, 5) is 0. The predicted octanol–water partition coefficient (Wildman–Crippen LogP) is 0.970. The van der Waals surface area contributed by atoms with E-state index in [0.717, 1.165) is 25.2 Å². The zero-order valence-corrected chi connectivity index (χ0v) is 8.20. The van der Waals surface area contributed by atoms with Crippen LogP contribution in [0, 0.1) is 0 Å². The Hall–Kier alpha value is -1.06. The predicted molar refractivity (Wildman–Crippen MR) is 56.2 cm³/mol. The first-order valence-corrected chi connectivity index (χ1v) is 5.02. The smallest absolute Gasteiger partial charge is 0.122 e. The first kappa shape index (κ1) is 9.49. The topological polar surface area (TPSA) is 61.3 Å². The molecule has 0 bridgehead atoms. The molecule has 0 unspecified atom stereocenters. The van der Waals surface area contributed by atoms with Gasteiger partial charge in [-0.15, -0.1) is 0 Å². The van der Waals surface area contributed by atoms with Crippen LogP contribution < -0.4 is 16.2 Å². The lowest BCUT2D eigenvalue weighted by molar-refractivity contribution is 0.357. The highest BCUT2D eigenvalue weighted by atomic mass is 16.5. The van der Waals surface area contributed by atoms with Gasteiger partial charge in [-0.1, -0.05) is 12.1 Å². The van der Waals surface area contributed by atoms with Crippen LogP contribution in [-0.4, -0.2) is 13.2 Å². The second-order valence-electron chi connectivity index (χ2n) is 3.65. The van der Waals surface area contributed by atoms with Crippen LogP contribution in [-0.2, 0) is 6.42 Å². The van der Waals surface area contributed by atoms with E-state index >= 15 is 0 Å². The molecule has 1 aromatic carbocycles. The van der Waals surface area contributed by atoms with E-state index in [1.165, 1.54) is 11.1 Å². The van der Waals surface area contributed by atoms with Crippen molar-refractivity contribution in [3.63, 3.8) is 0 Å². The normalized spacial score (nSPS) is 16.1. The molecule has 3 nitrogen and oxygen atoms in total. The second kappa shape index (κ2) is 3.98. The molecule has 3 heteroatoms. The summed E-state index contributed by atoms with van der Waals surface area (Å²) < 4.78 is 5.43. The van der Waals surface area contributed by atoms with Crippen LogP contribution in [0.4, 0.5) is 0 Å². The van der Waals surface area contributed by atoms with Crippen molar-refractivity contribution in [2.75, 3.05) is 13.2 Å². The zero-order valence-electron chi connectivity index (χ0n) is 8.20. The standard InChI is InChI=1S/C11H16N2O/c12-5-3-10(13)8-1-2-11-9(7-8)4-6-14-11/h1-2,7,10H,3-6,12-13H2/t10-/m1/s1. The summed E-state index contributed by atoms with van der Waals surface area (Å²) in [5.74, 6) is 1.01. The molecular formula is C11H16N2O. The first-order valence-electron chi connectivity index (χ1n) is 5.02. The van der Waals surface area contributed by atoms with Gasteiger partial charge in [-0.3, -0.25) is 0 Å². The second-order valence-corrected chi connectivity index (χ2v) is 3.65. The van der Waals surface area contributed by atoms with Crippen LogP contribution >= 0.6 is 0 Å². The number of hydrogen-bond acceptors (Lipinski definition) is 3. The van der Waals surface area contributed by atoms with Gasteiger partial charge in [0.25, 0.3) is 0 Å². The summed E-state index contributed by atoms with van der Waals surface area (Å²) in [7, 11) is 0. The van der Waals surface area contributed by atoms with E-state index < -0.39 is 0 Å². The number of hydrogen-bond donors (Lipinski definition) is 2. The fraction of sp³-hybridized carbons (Fsp3) is 0.455. The monoisotopic (exact) mass is 192 g/mol. The lowest BCUT2D eigenvalue weighted by Crippen LogP contribution is -2.15. The van der Waals surface area contributed by atoms with E-state index in [1.807, 2.05) is 12.1 Å². The van der Waals surface area contributed by atoms with Crippen molar-refractivity contribution in [2.45, 2.75) is 18.9 Å². The molecular weight excluding hydrogens is 176 g/mol. The molecule has 0 amide bonds. The fourth-order valence-electron chi connectivity index (χ4n) is 1.78. The molecule has 0 aliphatic carbocycles. The molecule has 0 saturated carbocycles. The maximum atomic E-state index is 5.98. The average Bonchev–Trinajstić information content (AvgIpc) is 2.64. The third-order valence-electron chi connectivity index (χ3n) is 2.62. The Morgan fingerprint density at radius 2 is 2.29 bits per heavy atom. The molecule has 1 aliphatic heterocycles. The SMILES string of the molecule is NCC[C@@H](N)c1ccc2c(c1)CCO2. The maximum absolute atomic E-state index is 5.98. The number of ether oxygens (including phenoxy) is 1. The summed E-state index contributed by atoms with van der Waals surface area (Å²) in [6.45, 7) is 1.43. The van der Waals surface area contributed by atoms with Gasteiger partial charge in [0, 0.05) is 12.5 Å². The molecule has 1 aromatic rings. The molecule has 0 aromatic heterocycles. The Balaban J connectivity index is 2.19. The number of nitrogens with two attached hydrogens (primary N) is 2. The Morgan fingerprint density at radius 1 is 1.43 bits per heavy atom. The first-order chi connectivity index (χ1) is 6.81. The lowest BCUT2D eigenvalue weighted by atomic mass is 10.0. The molecule has 1 atom stereocenters. The zero-order chi connectivity index (χ0) is 9.97. The lowest BCUT2D eigenvalue weighted by Gasteiger charge is -2.11. The average molecular weight is 192 g/mol. The van der Waals surface area contributed by atoms with E-state index in [2.05, 4.69) is 6.07 Å². The van der Waals surface area contributed by atoms with Gasteiger partial charge in [0.05, 0.1) is 6.61 Å². The summed E-state index contributed by atoms with van der Waals surface area (Å²) in [5, 5.41) is 0. The molecule has 1 heterocycles. The highest BCUT2D eigenvalue weighted by Crippen LogP contribution is 2.28. The van der Waals surface area contributed by atoms with Gasteiger partial charge < -0.3 is 16.2 Å². The van der Waals surface area contributed by atoms with Crippen molar-refractivity contribution in [3.8, 4) is 5.75 Å². The van der Waals surface area contributed by atoms with E-state index in [9.17, 15) is 0 Å². The Kier molecular flexibility index (Phi) is 2.70. The summed E-state index contributed by atoms with van der Waals surface area (Å²) in [5.41, 5.74) is 13.9. The molecule has 14 heavy (non-hydrogen) atoms. The van der Waals surface area contributed by atoms with Crippen LogP contribution in [0.2, 0.25) is 0 Å². The minimum atomic E-state index is 0.0610. The van der Waals surface area contributed by atoms with Crippen LogP contribution in [0.5, 0.6) is 5.75 Å². The van der Waals surface area contributed by atoms with Gasteiger partial charge in [0.1, 0.15) is 5.75 Å². The summed E-state index contributed by atoms with van der Waals surface area (Å²) in [6.07, 6.45) is 1.83. The van der Waals surface area contributed by atoms with Crippen molar-refractivity contribution >= 4 is 0 Å². The highest BCUT2D eigenvalue weighted by Gasteiger charge is 2.14. The number of rotatable bonds is 3. The summed E-state index contributed by atoms with van der Waals surface area (Å²) >= 11 is 0. The van der Waals surface area contributed by atoms with Crippen molar-refractivity contribution in [1.29, 1.82) is 0 Å². The van der Waals surface area contributed by atoms with E-state index in [-0.39, 0.29) is 6.04 Å². The maximum Gasteiger partial charge on any atom is 0.122 e. The molecule has 0 radical (unpaired) electrons. The number of benzene rings is 1. The van der Waals surface area contributed by atoms with Crippen molar-refractivity contribution in [2.24, 2.45) is 11.5 Å². The highest BCUT2D eigenvalue weighted by molar-refractivity contribution is 5.40. The quantitative estimate of drug-likeness (QED) is 0.750. The molecule has 4 N–H and O–H groups in total. The van der Waals surface area contributed by atoms with Gasteiger partial charge in [0.2, 0.25) is 0 Å². The molecule has 1 aliphatic rings. The third kappa shape index (κ3) is 1.74. The van der Waals surface area contributed by atoms with Crippen molar-refractivity contribution in [3.05, 3.63) is 29.3 Å². The minimum absolute atomic E-state index is 0.0610. The molecule has 0 saturated heterocycles. The van der Waals surface area contributed by atoms with Gasteiger partial charge in [-0.2, -0.15) is 0 Å². The van der Waals surface area contributed by atoms with E-state index in [0.29, 0.717) is 6.54 Å². The molecule has 0 fully saturated rings. The largest absolute Gasteiger partial charge is 0.493 e. The Morgan fingerprint density at radius 3 is 3.07 bits per heavy atom. The van der Waals surface area contributed by atoms with Crippen molar-refractivity contribution in [1.82, 2.24) is 0 Å². The van der Waals surface area contributed by atoms with Crippen LogP contribution in [0.3, 0.4) is 0 Å². The third-order valence-corrected chi connectivity index (χ3v) is 2.62. The van der Waals surface area contributed by atoms with Crippen LogP contribution in [0.15, 0.2) is 18.2 Å². The van der Waals surface area contributed by atoms with Crippen molar-refractivity contribution < 1.29 is 4.74 Å². The van der Waals surface area contributed by atoms with Gasteiger partial charge in [0.15, 0.2) is 0 Å².